The van der Waals surface area contributed by atoms with E-state index in [-0.39, 0.29) is 0 Å². The van der Waals surface area contributed by atoms with E-state index in [0.717, 1.165) is 95.9 Å². The van der Waals surface area contributed by atoms with Crippen molar-refractivity contribution in [1.82, 2.24) is 19.5 Å². The summed E-state index contributed by atoms with van der Waals surface area (Å²) in [6.07, 6.45) is 12.9. The standard InChI is InChI=1S/C61H38N4O2/c1-3-15-36(16-4-1)59-62-60(50-34-55-57(49-33-47(49)50)45-19-5-2-6-26-53(45)67-55)64-61(63-59)65-51-30-28-35-14-7-8-17-39(35)56(51)46-25-13-24-44(58(46)65)42-23-12-21-40-38(20-11-22-41(40)42)37-29-31-54-48(32-37)43-18-9-10-27-52(43)66-54/h1,3-32,34,47,49H,2,33H2. The zero-order valence-electron chi connectivity index (χ0n) is 36.1. The molecule has 4 heterocycles. The van der Waals surface area contributed by atoms with E-state index in [1.807, 2.05) is 30.3 Å². The number of benzene rings is 8. The molecule has 0 saturated heterocycles. The van der Waals surface area contributed by atoms with Crippen molar-refractivity contribution in [2.45, 2.75) is 18.8 Å². The number of aromatic nitrogens is 4. The first-order valence-corrected chi connectivity index (χ1v) is 23.1. The molecule has 0 bridgehead atoms. The fraction of sp³-hybridized carbons (Fsp3) is 0.0656. The molecular weight excluding hydrogens is 821 g/mol. The van der Waals surface area contributed by atoms with Gasteiger partial charge in [0.25, 0.3) is 0 Å². The van der Waals surface area contributed by atoms with Crippen LogP contribution in [0.4, 0.5) is 0 Å². The Morgan fingerprint density at radius 1 is 0.493 bits per heavy atom. The maximum Gasteiger partial charge on any atom is 0.238 e. The van der Waals surface area contributed by atoms with Crippen molar-refractivity contribution < 1.29 is 8.83 Å². The molecule has 3 aliphatic carbocycles. The Morgan fingerprint density at radius 3 is 2.13 bits per heavy atom. The smallest absolute Gasteiger partial charge is 0.238 e. The summed E-state index contributed by atoms with van der Waals surface area (Å²) in [6.45, 7) is 0. The molecule has 2 atom stereocenters. The first-order chi connectivity index (χ1) is 33.2. The molecule has 6 heteroatoms. The van der Waals surface area contributed by atoms with Crippen LogP contribution in [0.5, 0.6) is 0 Å². The van der Waals surface area contributed by atoms with Gasteiger partial charge in [0.15, 0.2) is 11.6 Å². The monoisotopic (exact) mass is 858 g/mol. The Bertz CT molecular complexity index is 4180. The van der Waals surface area contributed by atoms with Crippen molar-refractivity contribution in [3.05, 3.63) is 204 Å². The topological polar surface area (TPSA) is 69.9 Å². The summed E-state index contributed by atoms with van der Waals surface area (Å²) in [4.78, 5) is 16.3. The van der Waals surface area contributed by atoms with Crippen molar-refractivity contribution in [3.8, 4) is 39.6 Å². The normalized spacial score (nSPS) is 16.2. The maximum absolute atomic E-state index is 6.60. The Hall–Kier alpha value is -8.61. The molecule has 8 aromatic carbocycles. The van der Waals surface area contributed by atoms with E-state index in [1.54, 1.807) is 0 Å². The van der Waals surface area contributed by atoms with Crippen LogP contribution >= 0.6 is 0 Å². The van der Waals surface area contributed by atoms with Gasteiger partial charge < -0.3 is 8.83 Å². The lowest BCUT2D eigenvalue weighted by Gasteiger charge is -2.16. The van der Waals surface area contributed by atoms with Crippen LogP contribution in [0.25, 0.3) is 129 Å². The van der Waals surface area contributed by atoms with E-state index in [4.69, 9.17) is 23.8 Å². The highest BCUT2D eigenvalue weighted by Crippen LogP contribution is 2.61. The number of allylic oxidation sites excluding steroid dienone is 3. The number of rotatable bonds is 5. The number of furan rings is 2. The molecule has 0 amide bonds. The lowest BCUT2D eigenvalue weighted by Crippen LogP contribution is -2.10. The molecule has 0 spiro atoms. The summed E-state index contributed by atoms with van der Waals surface area (Å²) in [5.74, 6) is 4.41. The minimum atomic E-state index is 0.296. The highest BCUT2D eigenvalue weighted by atomic mass is 16.3. The third-order valence-corrected chi connectivity index (χ3v) is 14.4. The molecule has 1 saturated carbocycles. The summed E-state index contributed by atoms with van der Waals surface area (Å²) in [6, 6.07) is 58.4. The average Bonchev–Trinajstić information content (AvgIpc) is 3.92. The summed E-state index contributed by atoms with van der Waals surface area (Å²) >= 11 is 0. The molecular formula is C61H38N4O2. The Labute approximate surface area is 384 Å². The molecule has 6 nitrogen and oxygen atoms in total. The molecule has 4 aromatic heterocycles. The van der Waals surface area contributed by atoms with Gasteiger partial charge in [0.05, 0.1) is 11.0 Å². The largest absolute Gasteiger partial charge is 0.456 e. The van der Waals surface area contributed by atoms with Crippen molar-refractivity contribution in [3.63, 3.8) is 0 Å². The lowest BCUT2D eigenvalue weighted by molar-refractivity contribution is 0.542. The lowest BCUT2D eigenvalue weighted by atomic mass is 9.91. The van der Waals surface area contributed by atoms with E-state index < -0.39 is 0 Å². The van der Waals surface area contributed by atoms with Crippen molar-refractivity contribution in [2.75, 3.05) is 0 Å². The van der Waals surface area contributed by atoms with E-state index in [9.17, 15) is 0 Å². The van der Waals surface area contributed by atoms with Gasteiger partial charge in [-0.05, 0) is 99.3 Å². The molecule has 3 aliphatic rings. The van der Waals surface area contributed by atoms with E-state index in [1.165, 1.54) is 38.2 Å². The number of para-hydroxylation sites is 2. The fourth-order valence-electron chi connectivity index (χ4n) is 11.3. The fourth-order valence-corrected chi connectivity index (χ4v) is 11.3. The quantitative estimate of drug-likeness (QED) is 0.172. The minimum absolute atomic E-state index is 0.296. The van der Waals surface area contributed by atoms with Gasteiger partial charge >= 0.3 is 0 Å². The third kappa shape index (κ3) is 5.47. The molecule has 1 fully saturated rings. The summed E-state index contributed by atoms with van der Waals surface area (Å²) in [5.41, 5.74) is 13.0. The Kier molecular flexibility index (Phi) is 7.64. The highest BCUT2D eigenvalue weighted by Gasteiger charge is 2.49. The van der Waals surface area contributed by atoms with E-state index >= 15 is 0 Å². The second kappa shape index (κ2) is 13.9. The van der Waals surface area contributed by atoms with Crippen LogP contribution in [0, 0.1) is 5.92 Å². The van der Waals surface area contributed by atoms with Crippen LogP contribution < -0.4 is 0 Å². The van der Waals surface area contributed by atoms with Gasteiger partial charge in [0.1, 0.15) is 22.7 Å². The third-order valence-electron chi connectivity index (χ3n) is 14.4. The van der Waals surface area contributed by atoms with Crippen LogP contribution in [0.1, 0.15) is 47.2 Å². The number of hydrogen-bond acceptors (Lipinski definition) is 5. The van der Waals surface area contributed by atoms with Gasteiger partial charge in [-0.15, -0.1) is 0 Å². The zero-order valence-corrected chi connectivity index (χ0v) is 36.1. The van der Waals surface area contributed by atoms with Gasteiger partial charge in [-0.1, -0.05) is 158 Å². The molecule has 0 radical (unpaired) electrons. The van der Waals surface area contributed by atoms with Crippen molar-refractivity contribution in [1.29, 1.82) is 0 Å². The molecule has 15 rings (SSSR count). The predicted octanol–water partition coefficient (Wildman–Crippen LogP) is 15.9. The Balaban J connectivity index is 0.987. The van der Waals surface area contributed by atoms with Crippen LogP contribution in [0.15, 0.2) is 185 Å². The first kappa shape index (κ1) is 36.7. The highest BCUT2D eigenvalue weighted by molar-refractivity contribution is 6.24. The summed E-state index contributed by atoms with van der Waals surface area (Å²) in [5, 5.41) is 9.25. The molecule has 314 valence electrons. The molecule has 12 aromatic rings. The van der Waals surface area contributed by atoms with Gasteiger partial charge in [-0.3, -0.25) is 4.57 Å². The average molecular weight is 859 g/mol. The number of nitrogens with zero attached hydrogens (tertiary/aromatic N) is 4. The molecule has 0 aliphatic heterocycles. The van der Waals surface area contributed by atoms with Crippen LogP contribution in [-0.2, 0) is 0 Å². The molecule has 2 unspecified atom stereocenters. The predicted molar refractivity (Wildman–Crippen MR) is 273 cm³/mol. The van der Waals surface area contributed by atoms with Gasteiger partial charge in [-0.2, -0.15) is 9.97 Å². The first-order valence-electron chi connectivity index (χ1n) is 23.1. The summed E-state index contributed by atoms with van der Waals surface area (Å²) in [7, 11) is 0. The second-order valence-corrected chi connectivity index (χ2v) is 18.1. The second-order valence-electron chi connectivity index (χ2n) is 18.1. The van der Waals surface area contributed by atoms with Crippen LogP contribution in [-0.4, -0.2) is 19.5 Å². The van der Waals surface area contributed by atoms with Crippen LogP contribution in [0.2, 0.25) is 0 Å². The molecule has 0 N–H and O–H groups in total. The maximum atomic E-state index is 6.60. The molecule has 67 heavy (non-hydrogen) atoms. The number of hydrogen-bond donors (Lipinski definition) is 0. The zero-order chi connectivity index (χ0) is 43.7. The SMILES string of the molecule is C1=Cc2oc3c(c2C=CC1)C1CC1C(c1nc(-c2ccccc2)nc(-n2c4ccc5ccccc5c4c4cccc(-c5cccc6c(-c7ccc8oc9ccccc9c8c7)cccc56)c42)n1)=C3. The van der Waals surface area contributed by atoms with Crippen molar-refractivity contribution >= 4 is 89.1 Å². The number of fused-ring (bicyclic) bond motifs is 14. The van der Waals surface area contributed by atoms with E-state index in [0.29, 0.717) is 29.4 Å². The van der Waals surface area contributed by atoms with Crippen LogP contribution in [0.3, 0.4) is 0 Å². The van der Waals surface area contributed by atoms with E-state index in [2.05, 4.69) is 168 Å². The minimum Gasteiger partial charge on any atom is -0.456 e. The van der Waals surface area contributed by atoms with Crippen molar-refractivity contribution in [2.24, 2.45) is 5.92 Å². The summed E-state index contributed by atoms with van der Waals surface area (Å²) < 4.78 is 15.1. The van der Waals surface area contributed by atoms with Gasteiger partial charge in [0, 0.05) is 49.4 Å². The van der Waals surface area contributed by atoms with Gasteiger partial charge in [0.2, 0.25) is 5.95 Å². The van der Waals surface area contributed by atoms with Gasteiger partial charge in [-0.25, -0.2) is 4.98 Å². The Morgan fingerprint density at radius 2 is 1.22 bits per heavy atom.